The van der Waals surface area contributed by atoms with E-state index < -0.39 is 5.97 Å². The van der Waals surface area contributed by atoms with E-state index in [4.69, 9.17) is 4.74 Å². The molecule has 0 unspecified atom stereocenters. The maximum atomic E-state index is 11.4. The Morgan fingerprint density at radius 2 is 1.93 bits per heavy atom. The number of carboxylic acids is 1. The summed E-state index contributed by atoms with van der Waals surface area (Å²) in [7, 11) is 2.06. The molecule has 1 aliphatic heterocycles. The number of hydrogen-bond donors (Lipinski definition) is 1. The van der Waals surface area contributed by atoms with Gasteiger partial charge < -0.3 is 14.7 Å². The van der Waals surface area contributed by atoms with Gasteiger partial charge in [0.2, 0.25) is 0 Å². The molecule has 1 aliphatic rings. The molecule has 1 N–H and O–H groups in total. The first-order valence-electron chi connectivity index (χ1n) is 9.74. The molecule has 0 amide bonds. The molecule has 4 rings (SSSR count). The number of aromatic nitrogens is 1. The minimum absolute atomic E-state index is 0.0226. The van der Waals surface area contributed by atoms with Crippen LogP contribution in [-0.2, 0) is 17.8 Å². The second-order valence-electron chi connectivity index (χ2n) is 7.45. The predicted molar refractivity (Wildman–Crippen MR) is 113 cm³/mol. The SMILES string of the molecule is Cc1ccc(N(C)c2ccc3c(c2)CO[C@@H]3CCc2cnccc2C(=O)O)cc1. The second-order valence-corrected chi connectivity index (χ2v) is 7.45. The maximum Gasteiger partial charge on any atom is 0.336 e. The average Bonchev–Trinajstić information content (AvgIpc) is 3.14. The van der Waals surface area contributed by atoms with Gasteiger partial charge >= 0.3 is 5.97 Å². The Labute approximate surface area is 170 Å². The number of rotatable bonds is 6. The largest absolute Gasteiger partial charge is 0.478 e. The first-order chi connectivity index (χ1) is 14.0. The van der Waals surface area contributed by atoms with Crippen LogP contribution >= 0.6 is 0 Å². The number of aromatic carboxylic acids is 1. The summed E-state index contributed by atoms with van der Waals surface area (Å²) in [5.41, 5.74) is 6.94. The Bertz CT molecular complexity index is 1030. The number of benzene rings is 2. The van der Waals surface area contributed by atoms with Crippen molar-refractivity contribution < 1.29 is 14.6 Å². The number of carboxylic acid groups (broad SMARTS) is 1. The van der Waals surface area contributed by atoms with Gasteiger partial charge in [0.1, 0.15) is 0 Å². The Balaban J connectivity index is 1.49. The van der Waals surface area contributed by atoms with E-state index in [9.17, 15) is 9.90 Å². The Morgan fingerprint density at radius 1 is 1.17 bits per heavy atom. The molecular weight excluding hydrogens is 364 g/mol. The summed E-state index contributed by atoms with van der Waals surface area (Å²) in [6.45, 7) is 2.66. The van der Waals surface area contributed by atoms with Crippen molar-refractivity contribution in [3.05, 3.63) is 88.7 Å². The fourth-order valence-corrected chi connectivity index (χ4v) is 3.80. The lowest BCUT2D eigenvalue weighted by Gasteiger charge is -2.21. The van der Waals surface area contributed by atoms with Gasteiger partial charge in [-0.2, -0.15) is 0 Å². The third-order valence-corrected chi connectivity index (χ3v) is 5.53. The van der Waals surface area contributed by atoms with Gasteiger partial charge in [0.25, 0.3) is 0 Å². The van der Waals surface area contributed by atoms with E-state index in [-0.39, 0.29) is 6.10 Å². The molecule has 29 heavy (non-hydrogen) atoms. The molecule has 3 aromatic rings. The Morgan fingerprint density at radius 3 is 2.69 bits per heavy atom. The number of nitrogens with zero attached hydrogens (tertiary/aromatic N) is 2. The van der Waals surface area contributed by atoms with Gasteiger partial charge in [-0.05, 0) is 66.8 Å². The van der Waals surface area contributed by atoms with Crippen LogP contribution in [0.1, 0.15) is 45.1 Å². The van der Waals surface area contributed by atoms with Crippen LogP contribution in [0.5, 0.6) is 0 Å². The fourth-order valence-electron chi connectivity index (χ4n) is 3.80. The van der Waals surface area contributed by atoms with Crippen molar-refractivity contribution in [2.45, 2.75) is 32.5 Å². The van der Waals surface area contributed by atoms with E-state index in [2.05, 4.69) is 66.3 Å². The molecule has 0 saturated heterocycles. The van der Waals surface area contributed by atoms with E-state index in [0.717, 1.165) is 23.4 Å². The molecule has 0 radical (unpaired) electrons. The zero-order valence-electron chi connectivity index (χ0n) is 16.6. The van der Waals surface area contributed by atoms with E-state index in [1.54, 1.807) is 12.3 Å². The molecule has 1 aromatic heterocycles. The van der Waals surface area contributed by atoms with Crippen molar-refractivity contribution in [2.24, 2.45) is 0 Å². The highest BCUT2D eigenvalue weighted by molar-refractivity contribution is 5.89. The molecule has 0 aliphatic carbocycles. The van der Waals surface area contributed by atoms with Crippen molar-refractivity contribution >= 4 is 17.3 Å². The summed E-state index contributed by atoms with van der Waals surface area (Å²) < 4.78 is 6.02. The number of fused-ring (bicyclic) bond motifs is 1. The molecule has 0 spiro atoms. The highest BCUT2D eigenvalue weighted by atomic mass is 16.5. The topological polar surface area (TPSA) is 62.7 Å². The van der Waals surface area contributed by atoms with Crippen LogP contribution in [0, 0.1) is 6.92 Å². The summed E-state index contributed by atoms with van der Waals surface area (Å²) in [6, 6.07) is 16.5. The summed E-state index contributed by atoms with van der Waals surface area (Å²) in [5, 5.41) is 9.34. The predicted octanol–water partition coefficient (Wildman–Crippen LogP) is 5.06. The van der Waals surface area contributed by atoms with Crippen LogP contribution in [0.2, 0.25) is 0 Å². The first-order valence-corrected chi connectivity index (χ1v) is 9.74. The normalized spacial score (nSPS) is 15.2. The molecule has 0 bridgehead atoms. The minimum Gasteiger partial charge on any atom is -0.478 e. The molecule has 5 nitrogen and oxygen atoms in total. The lowest BCUT2D eigenvalue weighted by molar-refractivity contribution is 0.0599. The third-order valence-electron chi connectivity index (χ3n) is 5.53. The highest BCUT2D eigenvalue weighted by Gasteiger charge is 2.24. The molecule has 0 saturated carbocycles. The van der Waals surface area contributed by atoms with E-state index >= 15 is 0 Å². The van der Waals surface area contributed by atoms with Gasteiger partial charge in [0.15, 0.2) is 0 Å². The van der Waals surface area contributed by atoms with Crippen molar-refractivity contribution in [1.29, 1.82) is 0 Å². The molecule has 2 heterocycles. The first kappa shape index (κ1) is 19.2. The van der Waals surface area contributed by atoms with Gasteiger partial charge in [-0.3, -0.25) is 4.98 Å². The summed E-state index contributed by atoms with van der Waals surface area (Å²) >= 11 is 0. The van der Waals surface area contributed by atoms with Crippen LogP contribution < -0.4 is 4.90 Å². The van der Waals surface area contributed by atoms with Gasteiger partial charge in [0, 0.05) is 30.8 Å². The number of anilines is 2. The van der Waals surface area contributed by atoms with E-state index in [1.165, 1.54) is 22.9 Å². The summed E-state index contributed by atoms with van der Waals surface area (Å²) in [5.74, 6) is -0.918. The zero-order chi connectivity index (χ0) is 20.4. The Hall–Kier alpha value is -3.18. The third kappa shape index (κ3) is 4.00. The Kier molecular flexibility index (Phi) is 5.32. The molecule has 0 fully saturated rings. The van der Waals surface area contributed by atoms with Crippen LogP contribution in [-0.4, -0.2) is 23.1 Å². The zero-order valence-corrected chi connectivity index (χ0v) is 16.6. The van der Waals surface area contributed by atoms with Crippen molar-refractivity contribution in [2.75, 3.05) is 11.9 Å². The van der Waals surface area contributed by atoms with Crippen LogP contribution in [0.15, 0.2) is 60.9 Å². The lowest BCUT2D eigenvalue weighted by atomic mass is 9.97. The van der Waals surface area contributed by atoms with Gasteiger partial charge in [-0.25, -0.2) is 4.79 Å². The van der Waals surface area contributed by atoms with Crippen LogP contribution in [0.4, 0.5) is 11.4 Å². The average molecular weight is 388 g/mol. The number of aryl methyl sites for hydroxylation is 2. The minimum atomic E-state index is -0.918. The van der Waals surface area contributed by atoms with E-state index in [0.29, 0.717) is 18.6 Å². The quantitative estimate of drug-likeness (QED) is 0.639. The fraction of sp³-hybridized carbons (Fsp3) is 0.250. The van der Waals surface area contributed by atoms with Gasteiger partial charge in [0.05, 0.1) is 18.3 Å². The molecule has 5 heteroatoms. The highest BCUT2D eigenvalue weighted by Crippen LogP contribution is 2.37. The van der Waals surface area contributed by atoms with Gasteiger partial charge in [-0.15, -0.1) is 0 Å². The maximum absolute atomic E-state index is 11.4. The number of pyridine rings is 1. The smallest absolute Gasteiger partial charge is 0.336 e. The lowest BCUT2D eigenvalue weighted by Crippen LogP contribution is -2.10. The van der Waals surface area contributed by atoms with Gasteiger partial charge in [-0.1, -0.05) is 23.8 Å². The van der Waals surface area contributed by atoms with Crippen LogP contribution in [0.25, 0.3) is 0 Å². The monoisotopic (exact) mass is 388 g/mol. The number of hydrogen-bond acceptors (Lipinski definition) is 4. The second kappa shape index (κ2) is 8.05. The summed E-state index contributed by atoms with van der Waals surface area (Å²) in [6.07, 6.45) is 4.47. The molecule has 148 valence electrons. The van der Waals surface area contributed by atoms with Crippen molar-refractivity contribution in [3.8, 4) is 0 Å². The number of ether oxygens (including phenoxy) is 1. The van der Waals surface area contributed by atoms with E-state index in [1.807, 2.05) is 0 Å². The van der Waals surface area contributed by atoms with Crippen LogP contribution in [0.3, 0.4) is 0 Å². The number of carbonyl (C=O) groups is 1. The van der Waals surface area contributed by atoms with Crippen molar-refractivity contribution in [3.63, 3.8) is 0 Å². The molecule has 2 aromatic carbocycles. The molecular formula is C24H24N2O3. The molecule has 1 atom stereocenters. The summed E-state index contributed by atoms with van der Waals surface area (Å²) in [4.78, 5) is 17.6. The standard InChI is InChI=1S/C24H24N2O3/c1-16-3-6-19(7-4-16)26(2)20-8-9-21-18(13-20)15-29-23(21)10-5-17-14-25-12-11-22(17)24(27)28/h3-4,6-9,11-14,23H,5,10,15H2,1-2H3,(H,27,28)/t23-/m1/s1. The van der Waals surface area contributed by atoms with Crippen molar-refractivity contribution in [1.82, 2.24) is 4.98 Å².